The number of rotatable bonds is 21. The molecule has 0 aliphatic rings. The molecule has 0 unspecified atom stereocenters. The molecule has 0 aromatic heterocycles. The van der Waals surface area contributed by atoms with E-state index in [0.717, 1.165) is 6.54 Å². The first-order valence-corrected chi connectivity index (χ1v) is 13.3. The third-order valence-corrected chi connectivity index (χ3v) is 5.62. The Labute approximate surface area is 223 Å². The van der Waals surface area contributed by atoms with Gasteiger partial charge in [0.25, 0.3) is 0 Å². The second kappa shape index (κ2) is 21.9. The summed E-state index contributed by atoms with van der Waals surface area (Å²) in [4.78, 5) is 73.0. The molecule has 4 N–H and O–H groups in total. The van der Waals surface area contributed by atoms with Crippen LogP contribution in [0.2, 0.25) is 0 Å². The highest BCUT2D eigenvalue weighted by atomic mass is 32.1. The number of hydrogen-bond acceptors (Lipinski definition) is 9. The second-order valence-electron chi connectivity index (χ2n) is 7.74. The van der Waals surface area contributed by atoms with Crippen molar-refractivity contribution in [3.8, 4) is 0 Å². The van der Waals surface area contributed by atoms with Crippen molar-refractivity contribution >= 4 is 61.1 Å². The normalized spacial score (nSPS) is 10.4. The van der Waals surface area contributed by atoms with E-state index >= 15 is 0 Å². The number of likely N-dealkylation sites (N-methyl/N-ethyl adjacent to an activating group) is 1. The lowest BCUT2D eigenvalue weighted by Gasteiger charge is -2.23. The van der Waals surface area contributed by atoms with Crippen LogP contribution in [0, 0.1) is 0 Å². The van der Waals surface area contributed by atoms with Crippen molar-refractivity contribution in [3.05, 3.63) is 0 Å². The number of carbonyl (C=O) groups excluding carboxylic acids is 6. The van der Waals surface area contributed by atoms with E-state index in [9.17, 15) is 28.8 Å². The highest BCUT2D eigenvalue weighted by Crippen LogP contribution is 1.99. The van der Waals surface area contributed by atoms with Crippen LogP contribution in [-0.4, -0.2) is 116 Å². The Morgan fingerprint density at radius 1 is 0.667 bits per heavy atom. The molecule has 0 saturated carbocycles. The second-order valence-corrected chi connectivity index (χ2v) is 8.37. The summed E-state index contributed by atoms with van der Waals surface area (Å²) in [5.74, 6) is -1.11. The van der Waals surface area contributed by atoms with Gasteiger partial charge in [-0.1, -0.05) is 6.92 Å². The van der Waals surface area contributed by atoms with Crippen molar-refractivity contribution in [1.29, 1.82) is 0 Å². The topological polar surface area (TPSA) is 157 Å². The summed E-state index contributed by atoms with van der Waals surface area (Å²) >= 11 is 7.77. The first-order valence-electron chi connectivity index (χ1n) is 12.0. The van der Waals surface area contributed by atoms with Gasteiger partial charge in [0, 0.05) is 78.0 Å². The summed E-state index contributed by atoms with van der Waals surface area (Å²) in [5.41, 5.74) is 0. The molecule has 0 saturated heterocycles. The molecule has 0 fully saturated rings. The van der Waals surface area contributed by atoms with Crippen LogP contribution in [0.5, 0.6) is 0 Å². The van der Waals surface area contributed by atoms with E-state index in [1.807, 2.05) is 6.92 Å². The zero-order valence-electron chi connectivity index (χ0n) is 20.9. The number of nitrogens with zero attached hydrogens (tertiary/aromatic N) is 2. The quantitative estimate of drug-likeness (QED) is 0.0731. The molecule has 0 aliphatic heterocycles. The van der Waals surface area contributed by atoms with Gasteiger partial charge in [0.05, 0.1) is 11.5 Å². The van der Waals surface area contributed by atoms with Gasteiger partial charge in [-0.15, -0.1) is 0 Å². The van der Waals surface area contributed by atoms with E-state index in [2.05, 4.69) is 51.4 Å². The van der Waals surface area contributed by atoms with Gasteiger partial charge in [-0.25, -0.2) is 0 Å². The zero-order valence-corrected chi connectivity index (χ0v) is 22.7. The summed E-state index contributed by atoms with van der Waals surface area (Å²) in [6, 6.07) is 0. The van der Waals surface area contributed by atoms with Gasteiger partial charge in [-0.2, -0.15) is 25.3 Å². The van der Waals surface area contributed by atoms with Crippen LogP contribution >= 0.6 is 25.3 Å². The van der Waals surface area contributed by atoms with Crippen molar-refractivity contribution in [2.45, 2.75) is 32.6 Å². The van der Waals surface area contributed by atoms with E-state index in [1.165, 1.54) is 4.90 Å². The lowest BCUT2D eigenvalue weighted by Crippen LogP contribution is -2.43. The summed E-state index contributed by atoms with van der Waals surface area (Å²) in [6.07, 6.45) is 1.10. The smallest absolute Gasteiger partial charge is 0.229 e. The number of aldehydes is 1. The molecule has 0 aromatic rings. The Morgan fingerprint density at radius 3 is 1.56 bits per heavy atom. The molecule has 12 nitrogen and oxygen atoms in total. The number of thiol groups is 2. The molecule has 5 amide bonds. The average molecular weight is 549 g/mol. The molecule has 0 bridgehead atoms. The Bertz CT molecular complexity index is 691. The maximum absolute atomic E-state index is 12.6. The Hall–Kier alpha value is -2.32. The van der Waals surface area contributed by atoms with E-state index < -0.39 is 0 Å². The lowest BCUT2D eigenvalue weighted by molar-refractivity contribution is -0.134. The fraction of sp³-hybridized carbons (Fsp3) is 0.727. The average Bonchev–Trinajstić information content (AvgIpc) is 2.88. The molecule has 36 heavy (non-hydrogen) atoms. The standard InChI is InChI=1S/C22H40N6O6S2/c1-2-27(11-7-23-18(30)4-3-15-29)12-8-24-19(31)5-6-22(34)28(13-9-25-20(32)16-35)14-10-26-21(33)17-36/h15,35-36H,2-14,16-17H2,1H3,(H,23,30)(H,24,31)(H,25,32)(H,26,33). The van der Waals surface area contributed by atoms with Crippen LogP contribution in [-0.2, 0) is 28.8 Å². The third kappa shape index (κ3) is 18.0. The van der Waals surface area contributed by atoms with Gasteiger partial charge in [-0.3, -0.25) is 24.0 Å². The van der Waals surface area contributed by atoms with Gasteiger partial charge in [0.1, 0.15) is 6.29 Å². The van der Waals surface area contributed by atoms with Gasteiger partial charge in [-0.05, 0) is 6.54 Å². The number of hydrogen-bond donors (Lipinski definition) is 6. The Morgan fingerprint density at radius 2 is 1.11 bits per heavy atom. The molecule has 14 heteroatoms. The third-order valence-electron chi connectivity index (χ3n) is 5.05. The van der Waals surface area contributed by atoms with Gasteiger partial charge in [0.2, 0.25) is 29.5 Å². The number of amides is 5. The first kappa shape index (κ1) is 33.7. The maximum atomic E-state index is 12.6. The first-order chi connectivity index (χ1) is 17.3. The van der Waals surface area contributed by atoms with Crippen molar-refractivity contribution in [3.63, 3.8) is 0 Å². The van der Waals surface area contributed by atoms with Crippen molar-refractivity contribution in [2.24, 2.45) is 0 Å². The Balaban J connectivity index is 4.38. The van der Waals surface area contributed by atoms with Crippen LogP contribution in [0.15, 0.2) is 0 Å². The highest BCUT2D eigenvalue weighted by Gasteiger charge is 2.16. The molecule has 0 aliphatic carbocycles. The van der Waals surface area contributed by atoms with Crippen LogP contribution < -0.4 is 21.3 Å². The summed E-state index contributed by atoms with van der Waals surface area (Å²) < 4.78 is 0. The van der Waals surface area contributed by atoms with Crippen LogP contribution in [0.4, 0.5) is 0 Å². The van der Waals surface area contributed by atoms with E-state index in [0.29, 0.717) is 32.5 Å². The van der Waals surface area contributed by atoms with Crippen LogP contribution in [0.3, 0.4) is 0 Å². The molecule has 206 valence electrons. The summed E-state index contributed by atoms with van der Waals surface area (Å²) in [7, 11) is 0. The van der Waals surface area contributed by atoms with Gasteiger partial charge >= 0.3 is 0 Å². The number of carbonyl (C=O) groups is 6. The number of nitrogens with one attached hydrogen (secondary N) is 4. The van der Waals surface area contributed by atoms with E-state index in [1.54, 1.807) is 0 Å². The van der Waals surface area contributed by atoms with E-state index in [4.69, 9.17) is 0 Å². The molecule has 0 rings (SSSR count). The van der Waals surface area contributed by atoms with Crippen LogP contribution in [0.25, 0.3) is 0 Å². The predicted molar refractivity (Wildman–Crippen MR) is 143 cm³/mol. The fourth-order valence-corrected chi connectivity index (χ4v) is 3.24. The Kier molecular flexibility index (Phi) is 20.5. The minimum Gasteiger partial charge on any atom is -0.355 e. The highest BCUT2D eigenvalue weighted by molar-refractivity contribution is 7.81. The summed E-state index contributed by atoms with van der Waals surface area (Å²) in [6.45, 7) is 5.72. The molecule has 0 spiro atoms. The fourth-order valence-electron chi connectivity index (χ4n) is 3.01. The predicted octanol–water partition coefficient (Wildman–Crippen LogP) is -1.78. The minimum absolute atomic E-state index is 0.00280. The zero-order chi connectivity index (χ0) is 27.2. The molecule has 0 aromatic carbocycles. The lowest BCUT2D eigenvalue weighted by atomic mass is 10.2. The van der Waals surface area contributed by atoms with Crippen molar-refractivity contribution in [2.75, 3.05) is 70.4 Å². The molecular weight excluding hydrogens is 508 g/mol. The van der Waals surface area contributed by atoms with Crippen molar-refractivity contribution in [1.82, 2.24) is 31.1 Å². The monoisotopic (exact) mass is 548 g/mol. The summed E-state index contributed by atoms with van der Waals surface area (Å²) in [5, 5.41) is 10.8. The SMILES string of the molecule is CCN(CCNC(=O)CCC=O)CCNC(=O)CCC(=O)N(CCNC(=O)CS)CCNC(=O)CS. The van der Waals surface area contributed by atoms with Gasteiger partial charge in [0.15, 0.2) is 0 Å². The largest absolute Gasteiger partial charge is 0.355 e. The van der Waals surface area contributed by atoms with E-state index in [-0.39, 0.29) is 92.9 Å². The minimum atomic E-state index is -0.258. The van der Waals surface area contributed by atoms with Gasteiger partial charge < -0.3 is 35.9 Å². The van der Waals surface area contributed by atoms with Crippen LogP contribution in [0.1, 0.15) is 32.6 Å². The van der Waals surface area contributed by atoms with Crippen molar-refractivity contribution < 1.29 is 28.8 Å². The molecule has 0 atom stereocenters. The molecular formula is C22H40N6O6S2. The maximum Gasteiger partial charge on any atom is 0.229 e. The molecule has 0 radical (unpaired) electrons. The molecule has 0 heterocycles.